The Morgan fingerprint density at radius 1 is 1.10 bits per heavy atom. The van der Waals surface area contributed by atoms with Crippen molar-refractivity contribution in [3.8, 4) is 0 Å². The van der Waals surface area contributed by atoms with Crippen molar-refractivity contribution >= 4 is 5.78 Å². The first-order valence-electron chi connectivity index (χ1n) is 6.87. The molecular weight excluding hydrogens is 248 g/mol. The van der Waals surface area contributed by atoms with E-state index in [1.54, 1.807) is 4.68 Å². The van der Waals surface area contributed by atoms with Crippen LogP contribution in [0.25, 0.3) is 0 Å². The SMILES string of the molecule is Cc1nn(C)c(C)c1C(=O)c1ccc(C(C)(C)C)cc1. The Balaban J connectivity index is 2.39. The first-order chi connectivity index (χ1) is 9.21. The zero-order valence-corrected chi connectivity index (χ0v) is 13.1. The highest BCUT2D eigenvalue weighted by molar-refractivity contribution is 6.10. The largest absolute Gasteiger partial charge is 0.288 e. The van der Waals surface area contributed by atoms with Gasteiger partial charge < -0.3 is 0 Å². The van der Waals surface area contributed by atoms with E-state index < -0.39 is 0 Å². The summed E-state index contributed by atoms with van der Waals surface area (Å²) in [5.41, 5.74) is 4.46. The maximum Gasteiger partial charge on any atom is 0.196 e. The molecule has 0 unspecified atom stereocenters. The molecule has 0 spiro atoms. The molecule has 20 heavy (non-hydrogen) atoms. The van der Waals surface area contributed by atoms with Crippen LogP contribution in [0.15, 0.2) is 24.3 Å². The van der Waals surface area contributed by atoms with Gasteiger partial charge in [-0.25, -0.2) is 0 Å². The lowest BCUT2D eigenvalue weighted by Crippen LogP contribution is -2.11. The zero-order valence-electron chi connectivity index (χ0n) is 13.1. The summed E-state index contributed by atoms with van der Waals surface area (Å²) in [6, 6.07) is 7.89. The molecule has 0 bridgehead atoms. The van der Waals surface area contributed by atoms with Crippen molar-refractivity contribution in [1.29, 1.82) is 0 Å². The van der Waals surface area contributed by atoms with Gasteiger partial charge >= 0.3 is 0 Å². The van der Waals surface area contributed by atoms with Gasteiger partial charge in [0.1, 0.15) is 0 Å². The van der Waals surface area contributed by atoms with Crippen molar-refractivity contribution in [2.45, 2.75) is 40.0 Å². The van der Waals surface area contributed by atoms with Gasteiger partial charge in [0.05, 0.1) is 11.3 Å². The summed E-state index contributed by atoms with van der Waals surface area (Å²) in [5.74, 6) is 0.0496. The fourth-order valence-corrected chi connectivity index (χ4v) is 2.37. The average Bonchev–Trinajstić information content (AvgIpc) is 2.62. The number of hydrogen-bond acceptors (Lipinski definition) is 2. The molecule has 3 nitrogen and oxygen atoms in total. The molecule has 0 aliphatic rings. The third-order valence-electron chi connectivity index (χ3n) is 3.75. The average molecular weight is 270 g/mol. The highest BCUT2D eigenvalue weighted by Crippen LogP contribution is 2.24. The number of hydrogen-bond donors (Lipinski definition) is 0. The molecule has 1 aromatic carbocycles. The van der Waals surface area contributed by atoms with E-state index in [1.165, 1.54) is 5.56 Å². The summed E-state index contributed by atoms with van der Waals surface area (Å²) in [7, 11) is 1.86. The summed E-state index contributed by atoms with van der Waals surface area (Å²) < 4.78 is 1.76. The maximum atomic E-state index is 12.6. The monoisotopic (exact) mass is 270 g/mol. The second-order valence-electron chi connectivity index (χ2n) is 6.33. The number of aromatic nitrogens is 2. The van der Waals surface area contributed by atoms with Gasteiger partial charge in [-0.15, -0.1) is 0 Å². The minimum absolute atomic E-state index is 0.0496. The van der Waals surface area contributed by atoms with E-state index in [1.807, 2.05) is 45.2 Å². The highest BCUT2D eigenvalue weighted by Gasteiger charge is 2.20. The highest BCUT2D eigenvalue weighted by atomic mass is 16.1. The van der Waals surface area contributed by atoms with E-state index in [0.717, 1.165) is 22.5 Å². The fraction of sp³-hybridized carbons (Fsp3) is 0.412. The van der Waals surface area contributed by atoms with Crippen LogP contribution in [0, 0.1) is 13.8 Å². The molecule has 0 fully saturated rings. The van der Waals surface area contributed by atoms with Crippen molar-refractivity contribution < 1.29 is 4.79 Å². The van der Waals surface area contributed by atoms with Crippen LogP contribution in [0.2, 0.25) is 0 Å². The van der Waals surface area contributed by atoms with Gasteiger partial charge in [-0.1, -0.05) is 45.0 Å². The predicted octanol–water partition coefficient (Wildman–Crippen LogP) is 3.57. The number of carbonyl (C=O) groups is 1. The third-order valence-corrected chi connectivity index (χ3v) is 3.75. The topological polar surface area (TPSA) is 34.9 Å². The fourth-order valence-electron chi connectivity index (χ4n) is 2.37. The Labute approximate surface area is 120 Å². The van der Waals surface area contributed by atoms with Gasteiger partial charge in [-0.05, 0) is 24.8 Å². The Morgan fingerprint density at radius 3 is 2.05 bits per heavy atom. The summed E-state index contributed by atoms with van der Waals surface area (Å²) in [6.45, 7) is 10.3. The third kappa shape index (κ3) is 2.53. The number of nitrogens with zero attached hydrogens (tertiary/aromatic N) is 2. The number of rotatable bonds is 2. The molecule has 0 aliphatic heterocycles. The Morgan fingerprint density at radius 2 is 1.65 bits per heavy atom. The molecule has 0 N–H and O–H groups in total. The quantitative estimate of drug-likeness (QED) is 0.782. The van der Waals surface area contributed by atoms with Crippen LogP contribution in [-0.2, 0) is 12.5 Å². The summed E-state index contributed by atoms with van der Waals surface area (Å²) >= 11 is 0. The van der Waals surface area contributed by atoms with Gasteiger partial charge in [-0.3, -0.25) is 9.48 Å². The minimum Gasteiger partial charge on any atom is -0.288 e. The van der Waals surface area contributed by atoms with Crippen molar-refractivity contribution in [3.05, 3.63) is 52.3 Å². The van der Waals surface area contributed by atoms with Crippen molar-refractivity contribution in [3.63, 3.8) is 0 Å². The normalized spacial score (nSPS) is 11.7. The van der Waals surface area contributed by atoms with Gasteiger partial charge in [0.25, 0.3) is 0 Å². The molecule has 3 heteroatoms. The number of aryl methyl sites for hydroxylation is 2. The molecule has 0 radical (unpaired) electrons. The van der Waals surface area contributed by atoms with Gasteiger partial charge in [0, 0.05) is 18.3 Å². The van der Waals surface area contributed by atoms with Crippen LogP contribution < -0.4 is 0 Å². The predicted molar refractivity (Wildman–Crippen MR) is 81.3 cm³/mol. The van der Waals surface area contributed by atoms with Crippen molar-refractivity contribution in [2.24, 2.45) is 7.05 Å². The molecule has 0 saturated heterocycles. The summed E-state index contributed by atoms with van der Waals surface area (Å²) in [6.07, 6.45) is 0. The second kappa shape index (κ2) is 4.89. The number of benzene rings is 1. The molecular formula is C17H22N2O. The van der Waals surface area contributed by atoms with Crippen LogP contribution in [0.4, 0.5) is 0 Å². The zero-order chi connectivity index (χ0) is 15.1. The van der Waals surface area contributed by atoms with Gasteiger partial charge in [0.15, 0.2) is 5.78 Å². The van der Waals surface area contributed by atoms with Crippen LogP contribution in [0.1, 0.15) is 53.6 Å². The van der Waals surface area contributed by atoms with E-state index in [-0.39, 0.29) is 11.2 Å². The van der Waals surface area contributed by atoms with E-state index >= 15 is 0 Å². The molecule has 2 rings (SSSR count). The number of carbonyl (C=O) groups excluding carboxylic acids is 1. The maximum absolute atomic E-state index is 12.6. The van der Waals surface area contributed by atoms with E-state index in [4.69, 9.17) is 0 Å². The summed E-state index contributed by atoms with van der Waals surface area (Å²) in [5, 5.41) is 4.31. The molecule has 1 heterocycles. The molecule has 0 amide bonds. The van der Waals surface area contributed by atoms with E-state index in [2.05, 4.69) is 25.9 Å². The van der Waals surface area contributed by atoms with Crippen LogP contribution in [0.5, 0.6) is 0 Å². The van der Waals surface area contributed by atoms with Crippen molar-refractivity contribution in [1.82, 2.24) is 9.78 Å². The smallest absolute Gasteiger partial charge is 0.196 e. The summed E-state index contributed by atoms with van der Waals surface area (Å²) in [4.78, 5) is 12.6. The lowest BCUT2D eigenvalue weighted by molar-refractivity contribution is 0.103. The Hall–Kier alpha value is -1.90. The molecule has 0 saturated carbocycles. The van der Waals surface area contributed by atoms with Gasteiger partial charge in [-0.2, -0.15) is 5.10 Å². The Bertz CT molecular complexity index is 643. The standard InChI is InChI=1S/C17H22N2O/c1-11-15(12(2)19(6)18-11)16(20)13-7-9-14(10-8-13)17(3,4)5/h7-10H,1-6H3. The van der Waals surface area contributed by atoms with E-state index in [0.29, 0.717) is 0 Å². The van der Waals surface area contributed by atoms with Crippen LogP contribution in [-0.4, -0.2) is 15.6 Å². The Kier molecular flexibility index (Phi) is 3.55. The molecule has 0 atom stereocenters. The molecule has 0 aliphatic carbocycles. The van der Waals surface area contributed by atoms with E-state index in [9.17, 15) is 4.79 Å². The first kappa shape index (κ1) is 14.5. The lowest BCUT2D eigenvalue weighted by Gasteiger charge is -2.19. The molecule has 2 aromatic rings. The second-order valence-corrected chi connectivity index (χ2v) is 6.33. The minimum atomic E-state index is 0.0496. The van der Waals surface area contributed by atoms with Gasteiger partial charge in [0.2, 0.25) is 0 Å². The number of ketones is 1. The lowest BCUT2D eigenvalue weighted by atomic mass is 9.86. The van der Waals surface area contributed by atoms with Crippen LogP contribution >= 0.6 is 0 Å². The van der Waals surface area contributed by atoms with Crippen LogP contribution in [0.3, 0.4) is 0 Å². The first-order valence-corrected chi connectivity index (χ1v) is 6.87. The molecule has 1 aromatic heterocycles. The molecule has 106 valence electrons. The van der Waals surface area contributed by atoms with Crippen molar-refractivity contribution in [2.75, 3.05) is 0 Å².